The topological polar surface area (TPSA) is 135 Å². The number of hydrogen-bond donors (Lipinski definition) is 2. The lowest BCUT2D eigenvalue weighted by Crippen LogP contribution is -2.40. The van der Waals surface area contributed by atoms with Crippen molar-refractivity contribution >= 4 is 44.0 Å². The molecule has 3 aromatic heterocycles. The lowest BCUT2D eigenvalue weighted by Gasteiger charge is -2.29. The van der Waals surface area contributed by atoms with Crippen LogP contribution >= 0.6 is 11.3 Å². The molecule has 0 aliphatic heterocycles. The number of carbonyl (C=O) groups excluding carboxylic acids is 1. The number of nitrogens with one attached hydrogen (secondary N) is 1. The van der Waals surface area contributed by atoms with E-state index in [0.29, 0.717) is 17.7 Å². The predicted molar refractivity (Wildman–Crippen MR) is 196 cm³/mol. The van der Waals surface area contributed by atoms with Crippen LogP contribution in [-0.4, -0.2) is 58.2 Å². The number of aliphatic hydroxyl groups excluding tert-OH is 1. The Hall–Kier alpha value is -5.17. The number of aliphatic hydroxyl groups is 1. The lowest BCUT2D eigenvalue weighted by molar-refractivity contribution is 0.0146. The molecule has 0 saturated heterocycles. The van der Waals surface area contributed by atoms with Crippen LogP contribution in [0.25, 0.3) is 32.7 Å². The van der Waals surface area contributed by atoms with E-state index in [0.717, 1.165) is 38.3 Å². The summed E-state index contributed by atoms with van der Waals surface area (Å²) < 4.78 is 34.7. The van der Waals surface area contributed by atoms with Gasteiger partial charge in [0.05, 0.1) is 28.8 Å². The molecule has 6 aromatic rings. The number of aromatic nitrogens is 3. The minimum Gasteiger partial charge on any atom is -0.444 e. The number of anilines is 1. The van der Waals surface area contributed by atoms with Crippen molar-refractivity contribution in [2.75, 3.05) is 17.8 Å². The number of carbonyl (C=O) groups is 1. The van der Waals surface area contributed by atoms with Crippen molar-refractivity contribution in [1.82, 2.24) is 19.9 Å². The monoisotopic (exact) mass is 707 g/mol. The Morgan fingerprint density at radius 2 is 1.70 bits per heavy atom. The summed E-state index contributed by atoms with van der Waals surface area (Å²) in [7, 11) is -3.85. The van der Waals surface area contributed by atoms with Crippen molar-refractivity contribution in [2.24, 2.45) is 0 Å². The number of amides is 1. The quantitative estimate of drug-likeness (QED) is 0.140. The summed E-state index contributed by atoms with van der Waals surface area (Å²) in [4.78, 5) is 27.8. The summed E-state index contributed by atoms with van der Waals surface area (Å²) in [6.45, 7) is 5.68. The van der Waals surface area contributed by atoms with Crippen LogP contribution in [0.1, 0.15) is 38.0 Å². The molecular weight excluding hydrogens is 671 g/mol. The van der Waals surface area contributed by atoms with E-state index in [1.54, 1.807) is 100 Å². The lowest BCUT2D eigenvalue weighted by atomic mass is 10.1. The zero-order valence-electron chi connectivity index (χ0n) is 27.9. The van der Waals surface area contributed by atoms with Gasteiger partial charge in [-0.25, -0.2) is 18.2 Å². The first-order valence-electron chi connectivity index (χ1n) is 16.0. The van der Waals surface area contributed by atoms with Gasteiger partial charge in [-0.05, 0) is 81.3 Å². The molecule has 0 aliphatic rings. The van der Waals surface area contributed by atoms with Gasteiger partial charge in [-0.1, -0.05) is 42.5 Å². The van der Waals surface area contributed by atoms with E-state index in [9.17, 15) is 18.3 Å². The highest BCUT2D eigenvalue weighted by atomic mass is 32.2. The van der Waals surface area contributed by atoms with E-state index in [2.05, 4.69) is 20.8 Å². The first-order chi connectivity index (χ1) is 23.9. The van der Waals surface area contributed by atoms with Gasteiger partial charge in [-0.2, -0.15) is 0 Å². The Morgan fingerprint density at radius 1 is 0.960 bits per heavy atom. The van der Waals surface area contributed by atoms with Crippen LogP contribution in [0.4, 0.5) is 10.5 Å². The number of benzene rings is 3. The van der Waals surface area contributed by atoms with Crippen molar-refractivity contribution < 1.29 is 23.1 Å². The molecule has 3 heterocycles. The van der Waals surface area contributed by atoms with Crippen LogP contribution < -0.4 is 4.72 Å². The number of nitrogens with zero attached hydrogens (tertiary/aromatic N) is 4. The number of hydrogen-bond acceptors (Lipinski definition) is 9. The van der Waals surface area contributed by atoms with Crippen LogP contribution in [0.2, 0.25) is 0 Å². The standard InChI is InChI=1S/C38H37N5O5S2/c1-38(2,3)48-37(45)43(24-35(44)30-7-4-19-39-23-30)21-18-26-8-13-31(14-9-26)42-50(46,47)32-15-10-27(11-16-32)36-41-34(25-49-36)29-12-17-33-28(22-29)6-5-20-40-33/h4-17,19-20,22-23,25,35,42,44H,18,21,24H2,1-3H3/t35-/m0/s1. The number of fused-ring (bicyclic) bond motifs is 1. The number of rotatable bonds is 11. The van der Waals surface area contributed by atoms with E-state index in [1.807, 2.05) is 29.6 Å². The minimum absolute atomic E-state index is 0.0311. The molecule has 0 saturated carbocycles. The molecule has 2 N–H and O–H groups in total. The number of pyridine rings is 2. The molecule has 0 fully saturated rings. The van der Waals surface area contributed by atoms with Gasteiger partial charge in [0.2, 0.25) is 0 Å². The number of ether oxygens (including phenoxy) is 1. The Kier molecular flexibility index (Phi) is 10.2. The molecule has 0 aliphatic carbocycles. The maximum Gasteiger partial charge on any atom is 0.410 e. The average Bonchev–Trinajstić information content (AvgIpc) is 3.60. The second-order valence-electron chi connectivity index (χ2n) is 12.8. The smallest absolute Gasteiger partial charge is 0.410 e. The maximum absolute atomic E-state index is 13.2. The summed E-state index contributed by atoms with van der Waals surface area (Å²) in [6, 6.07) is 27.1. The predicted octanol–water partition coefficient (Wildman–Crippen LogP) is 7.73. The van der Waals surface area contributed by atoms with E-state index in [4.69, 9.17) is 9.72 Å². The molecule has 3 aromatic carbocycles. The third kappa shape index (κ3) is 8.70. The highest BCUT2D eigenvalue weighted by Crippen LogP contribution is 2.31. The molecule has 50 heavy (non-hydrogen) atoms. The third-order valence-corrected chi connectivity index (χ3v) is 10.1. The second kappa shape index (κ2) is 14.8. The van der Waals surface area contributed by atoms with Gasteiger partial charge in [0.1, 0.15) is 10.6 Å². The maximum atomic E-state index is 13.2. The summed E-state index contributed by atoms with van der Waals surface area (Å²) in [6.07, 6.45) is 3.94. The van der Waals surface area contributed by atoms with E-state index in [1.165, 1.54) is 16.2 Å². The summed E-state index contributed by atoms with van der Waals surface area (Å²) >= 11 is 1.50. The molecule has 0 bridgehead atoms. The molecule has 10 nitrogen and oxygen atoms in total. The fourth-order valence-electron chi connectivity index (χ4n) is 5.24. The summed E-state index contributed by atoms with van der Waals surface area (Å²) in [5.41, 5.74) is 4.76. The first-order valence-corrected chi connectivity index (χ1v) is 18.4. The minimum atomic E-state index is -3.85. The third-order valence-electron chi connectivity index (χ3n) is 7.81. The first kappa shape index (κ1) is 34.7. The molecule has 6 rings (SSSR count). The van der Waals surface area contributed by atoms with Gasteiger partial charge in [0, 0.05) is 58.3 Å². The van der Waals surface area contributed by atoms with Gasteiger partial charge >= 0.3 is 6.09 Å². The fraction of sp³-hybridized carbons (Fsp3) is 0.211. The molecule has 0 spiro atoms. The summed E-state index contributed by atoms with van der Waals surface area (Å²) in [5, 5.41) is 14.6. The van der Waals surface area contributed by atoms with Gasteiger partial charge < -0.3 is 14.7 Å². The van der Waals surface area contributed by atoms with Crippen molar-refractivity contribution in [2.45, 2.75) is 43.8 Å². The van der Waals surface area contributed by atoms with E-state index < -0.39 is 27.8 Å². The fourth-order valence-corrected chi connectivity index (χ4v) is 7.13. The molecule has 12 heteroatoms. The van der Waals surface area contributed by atoms with E-state index >= 15 is 0 Å². The zero-order valence-corrected chi connectivity index (χ0v) is 29.5. The van der Waals surface area contributed by atoms with Crippen LogP contribution in [0, 0.1) is 0 Å². The van der Waals surface area contributed by atoms with Crippen molar-refractivity contribution in [3.05, 3.63) is 126 Å². The molecule has 0 unspecified atom stereocenters. The van der Waals surface area contributed by atoms with Gasteiger partial charge in [0.15, 0.2) is 0 Å². The number of thiazole rings is 1. The van der Waals surface area contributed by atoms with Crippen molar-refractivity contribution in [3.63, 3.8) is 0 Å². The Morgan fingerprint density at radius 3 is 2.42 bits per heavy atom. The van der Waals surface area contributed by atoms with Crippen LogP contribution in [0.5, 0.6) is 0 Å². The zero-order chi connectivity index (χ0) is 35.3. The highest BCUT2D eigenvalue weighted by molar-refractivity contribution is 7.92. The SMILES string of the molecule is CC(C)(C)OC(=O)N(CCc1ccc(NS(=O)(=O)c2ccc(-c3nc(-c4ccc5ncccc5c4)cs3)cc2)cc1)C[C@H](O)c1cccnc1. The molecule has 1 atom stereocenters. The van der Waals surface area contributed by atoms with Crippen LogP contribution in [0.15, 0.2) is 120 Å². The largest absolute Gasteiger partial charge is 0.444 e. The Balaban J connectivity index is 1.08. The van der Waals surface area contributed by atoms with Crippen LogP contribution in [0.3, 0.4) is 0 Å². The van der Waals surface area contributed by atoms with E-state index in [-0.39, 0.29) is 18.0 Å². The molecule has 0 radical (unpaired) electrons. The molecule has 256 valence electrons. The van der Waals surface area contributed by atoms with Gasteiger partial charge in [0.25, 0.3) is 10.0 Å². The number of sulfonamides is 1. The van der Waals surface area contributed by atoms with Crippen molar-refractivity contribution in [3.8, 4) is 21.8 Å². The highest BCUT2D eigenvalue weighted by Gasteiger charge is 2.25. The Labute approximate surface area is 295 Å². The van der Waals surface area contributed by atoms with Gasteiger partial charge in [-0.15, -0.1) is 11.3 Å². The second-order valence-corrected chi connectivity index (χ2v) is 15.3. The van der Waals surface area contributed by atoms with Crippen molar-refractivity contribution in [1.29, 1.82) is 0 Å². The normalized spacial score (nSPS) is 12.4. The van der Waals surface area contributed by atoms with Gasteiger partial charge in [-0.3, -0.25) is 14.7 Å². The summed E-state index contributed by atoms with van der Waals surface area (Å²) in [5.74, 6) is 0. The molecular formula is C38H37N5O5S2. The average molecular weight is 708 g/mol. The Bertz CT molecular complexity index is 2180. The molecule has 1 amide bonds. The van der Waals surface area contributed by atoms with Crippen LogP contribution in [-0.2, 0) is 21.2 Å².